The van der Waals surface area contributed by atoms with E-state index in [1.54, 1.807) is 12.4 Å². The first-order valence-electron chi connectivity index (χ1n) is 4.46. The highest BCUT2D eigenvalue weighted by Gasteiger charge is 2.08. The Labute approximate surface area is 116 Å². The molecule has 7 heteroatoms. The molecule has 2 aromatic rings. The molecule has 0 spiro atoms. The first-order valence-corrected chi connectivity index (χ1v) is 6.01. The number of benzene rings is 1. The summed E-state index contributed by atoms with van der Waals surface area (Å²) in [5, 5.41) is 0.723. The molecule has 1 aromatic heterocycles. The van der Waals surface area contributed by atoms with Crippen molar-refractivity contribution in [2.75, 3.05) is 5.73 Å². The predicted molar refractivity (Wildman–Crippen MR) is 70.7 cm³/mol. The standard InChI is InChI=1S/C10H6BrCl2N3O/c11-5-3-15-10(16-4-5)17-9-2-7(13)6(12)1-8(9)14/h1-4H,14H2. The van der Waals surface area contributed by atoms with Gasteiger partial charge in [0.1, 0.15) is 0 Å². The molecule has 0 bridgehead atoms. The molecular formula is C10H6BrCl2N3O. The summed E-state index contributed by atoms with van der Waals surface area (Å²) in [6, 6.07) is 3.21. The average Bonchev–Trinajstić information content (AvgIpc) is 2.29. The fourth-order valence-corrected chi connectivity index (χ4v) is 1.61. The van der Waals surface area contributed by atoms with Gasteiger partial charge in [0.2, 0.25) is 0 Å². The van der Waals surface area contributed by atoms with E-state index in [1.807, 2.05) is 0 Å². The van der Waals surface area contributed by atoms with Crippen LogP contribution in [0.1, 0.15) is 0 Å². The molecule has 1 heterocycles. The molecule has 2 rings (SSSR count). The normalized spacial score (nSPS) is 10.3. The second-order valence-electron chi connectivity index (χ2n) is 3.09. The number of aromatic nitrogens is 2. The van der Waals surface area contributed by atoms with Crippen molar-refractivity contribution in [3.05, 3.63) is 39.0 Å². The highest BCUT2D eigenvalue weighted by atomic mass is 79.9. The smallest absolute Gasteiger partial charge is 0.322 e. The van der Waals surface area contributed by atoms with Crippen LogP contribution >= 0.6 is 39.1 Å². The summed E-state index contributed by atoms with van der Waals surface area (Å²) >= 11 is 14.9. The Morgan fingerprint density at radius 2 is 1.71 bits per heavy atom. The number of ether oxygens (including phenoxy) is 1. The van der Waals surface area contributed by atoms with Crippen LogP contribution in [0.4, 0.5) is 5.69 Å². The van der Waals surface area contributed by atoms with Crippen molar-refractivity contribution in [3.63, 3.8) is 0 Å². The SMILES string of the molecule is Nc1cc(Cl)c(Cl)cc1Oc1ncc(Br)cn1. The van der Waals surface area contributed by atoms with Crippen LogP contribution < -0.4 is 10.5 Å². The fraction of sp³-hybridized carbons (Fsp3) is 0. The van der Waals surface area contributed by atoms with Crippen LogP contribution in [-0.4, -0.2) is 9.97 Å². The molecule has 0 fully saturated rings. The summed E-state index contributed by atoms with van der Waals surface area (Å²) in [5.41, 5.74) is 6.10. The summed E-state index contributed by atoms with van der Waals surface area (Å²) in [4.78, 5) is 7.91. The molecule has 0 atom stereocenters. The minimum absolute atomic E-state index is 0.179. The van der Waals surface area contributed by atoms with E-state index in [-0.39, 0.29) is 6.01 Å². The molecule has 88 valence electrons. The zero-order valence-electron chi connectivity index (χ0n) is 8.32. The van der Waals surface area contributed by atoms with Gasteiger partial charge >= 0.3 is 6.01 Å². The molecular weight excluding hydrogens is 329 g/mol. The molecule has 0 radical (unpaired) electrons. The van der Waals surface area contributed by atoms with Crippen molar-refractivity contribution in [2.24, 2.45) is 0 Å². The predicted octanol–water partition coefficient (Wildman–Crippen LogP) is 3.92. The van der Waals surface area contributed by atoms with Gasteiger partial charge in [0.25, 0.3) is 0 Å². The Hall–Kier alpha value is -1.04. The van der Waals surface area contributed by atoms with E-state index in [0.29, 0.717) is 21.5 Å². The quantitative estimate of drug-likeness (QED) is 0.845. The van der Waals surface area contributed by atoms with Gasteiger partial charge in [0, 0.05) is 18.5 Å². The molecule has 0 saturated carbocycles. The van der Waals surface area contributed by atoms with E-state index in [9.17, 15) is 0 Å². The van der Waals surface area contributed by atoms with Crippen molar-refractivity contribution in [2.45, 2.75) is 0 Å². The minimum atomic E-state index is 0.179. The Balaban J connectivity index is 2.30. The van der Waals surface area contributed by atoms with E-state index >= 15 is 0 Å². The Kier molecular flexibility index (Phi) is 3.71. The second kappa shape index (κ2) is 5.08. The van der Waals surface area contributed by atoms with Gasteiger partial charge in [0.15, 0.2) is 5.75 Å². The molecule has 0 saturated heterocycles. The van der Waals surface area contributed by atoms with Gasteiger partial charge in [-0.15, -0.1) is 0 Å². The van der Waals surface area contributed by atoms with Crippen LogP contribution in [0.2, 0.25) is 10.0 Å². The topological polar surface area (TPSA) is 61.0 Å². The highest BCUT2D eigenvalue weighted by molar-refractivity contribution is 9.10. The number of nitrogen functional groups attached to an aromatic ring is 1. The average molecular weight is 335 g/mol. The fourth-order valence-electron chi connectivity index (χ4n) is 1.08. The van der Waals surface area contributed by atoms with Crippen molar-refractivity contribution in [1.29, 1.82) is 0 Å². The number of anilines is 1. The Morgan fingerprint density at radius 1 is 1.12 bits per heavy atom. The number of halogens is 3. The van der Waals surface area contributed by atoms with Crippen LogP contribution in [0.15, 0.2) is 29.0 Å². The van der Waals surface area contributed by atoms with E-state index < -0.39 is 0 Å². The molecule has 4 nitrogen and oxygen atoms in total. The van der Waals surface area contributed by atoms with Gasteiger partial charge in [-0.1, -0.05) is 23.2 Å². The van der Waals surface area contributed by atoms with Crippen molar-refractivity contribution >= 4 is 44.8 Å². The van der Waals surface area contributed by atoms with Gasteiger partial charge < -0.3 is 10.5 Å². The first-order chi connectivity index (χ1) is 8.06. The van der Waals surface area contributed by atoms with E-state index in [0.717, 1.165) is 4.47 Å². The molecule has 2 N–H and O–H groups in total. The highest BCUT2D eigenvalue weighted by Crippen LogP contribution is 2.34. The maximum Gasteiger partial charge on any atom is 0.322 e. The van der Waals surface area contributed by atoms with E-state index in [1.165, 1.54) is 12.1 Å². The molecule has 17 heavy (non-hydrogen) atoms. The third-order valence-electron chi connectivity index (χ3n) is 1.85. The van der Waals surface area contributed by atoms with Crippen LogP contribution in [-0.2, 0) is 0 Å². The lowest BCUT2D eigenvalue weighted by atomic mass is 10.3. The maximum atomic E-state index is 5.86. The maximum absolute atomic E-state index is 5.86. The molecule has 1 aromatic carbocycles. The number of rotatable bonds is 2. The summed E-state index contributed by atoms with van der Waals surface area (Å²) in [7, 11) is 0. The van der Waals surface area contributed by atoms with Crippen LogP contribution in [0.25, 0.3) is 0 Å². The monoisotopic (exact) mass is 333 g/mol. The lowest BCUT2D eigenvalue weighted by molar-refractivity contribution is 0.443. The summed E-state index contributed by atoms with van der Waals surface area (Å²) < 4.78 is 6.15. The lowest BCUT2D eigenvalue weighted by Crippen LogP contribution is -1.95. The second-order valence-corrected chi connectivity index (χ2v) is 4.82. The zero-order chi connectivity index (χ0) is 12.4. The summed E-state index contributed by atoms with van der Waals surface area (Å²) in [6.45, 7) is 0. The van der Waals surface area contributed by atoms with Crippen molar-refractivity contribution in [1.82, 2.24) is 9.97 Å². The van der Waals surface area contributed by atoms with Crippen LogP contribution in [0, 0.1) is 0 Å². The van der Waals surface area contributed by atoms with Crippen LogP contribution in [0.5, 0.6) is 11.8 Å². The van der Waals surface area contributed by atoms with Crippen LogP contribution in [0.3, 0.4) is 0 Å². The molecule has 0 aliphatic heterocycles. The molecule has 0 aliphatic carbocycles. The number of hydrogen-bond donors (Lipinski definition) is 1. The zero-order valence-corrected chi connectivity index (χ0v) is 11.4. The Bertz CT molecular complexity index is 548. The third kappa shape index (κ3) is 3.00. The molecule has 0 unspecified atom stereocenters. The third-order valence-corrected chi connectivity index (χ3v) is 2.98. The number of nitrogens with zero attached hydrogens (tertiary/aromatic N) is 2. The largest absolute Gasteiger partial charge is 0.422 e. The van der Waals surface area contributed by atoms with Gasteiger partial charge in [0.05, 0.1) is 20.2 Å². The number of nitrogens with two attached hydrogens (primary N) is 1. The van der Waals surface area contributed by atoms with Crippen molar-refractivity contribution < 1.29 is 4.74 Å². The molecule has 0 amide bonds. The Morgan fingerprint density at radius 3 is 2.35 bits per heavy atom. The van der Waals surface area contributed by atoms with E-state index in [2.05, 4.69) is 25.9 Å². The molecule has 0 aliphatic rings. The van der Waals surface area contributed by atoms with Gasteiger partial charge in [-0.05, 0) is 22.0 Å². The van der Waals surface area contributed by atoms with Gasteiger partial charge in [-0.25, -0.2) is 9.97 Å². The summed E-state index contributed by atoms with van der Waals surface area (Å²) in [5.74, 6) is 0.363. The summed E-state index contributed by atoms with van der Waals surface area (Å²) in [6.07, 6.45) is 3.13. The van der Waals surface area contributed by atoms with Crippen molar-refractivity contribution in [3.8, 4) is 11.8 Å². The van der Waals surface area contributed by atoms with Gasteiger partial charge in [-0.3, -0.25) is 0 Å². The lowest BCUT2D eigenvalue weighted by Gasteiger charge is -2.07. The van der Waals surface area contributed by atoms with E-state index in [4.69, 9.17) is 33.7 Å². The number of hydrogen-bond acceptors (Lipinski definition) is 4. The minimum Gasteiger partial charge on any atom is -0.422 e. The first kappa shape index (κ1) is 12.4. The van der Waals surface area contributed by atoms with Gasteiger partial charge in [-0.2, -0.15) is 0 Å².